The summed E-state index contributed by atoms with van der Waals surface area (Å²) in [6, 6.07) is 13.6. The van der Waals surface area contributed by atoms with E-state index in [0.717, 1.165) is 33.9 Å². The third-order valence-corrected chi connectivity index (χ3v) is 8.91. The van der Waals surface area contributed by atoms with Gasteiger partial charge in [0, 0.05) is 22.3 Å². The third-order valence-electron chi connectivity index (χ3n) is 8.91. The zero-order valence-corrected chi connectivity index (χ0v) is 21.8. The van der Waals surface area contributed by atoms with E-state index in [2.05, 4.69) is 97.9 Å². The van der Waals surface area contributed by atoms with E-state index in [1.54, 1.807) is 0 Å². The monoisotopic (exact) mass is 464 g/mol. The second-order valence-corrected chi connectivity index (χ2v) is 11.6. The van der Waals surface area contributed by atoms with Crippen molar-refractivity contribution >= 4 is 0 Å². The third kappa shape index (κ3) is 2.16. The molecule has 7 rings (SSSR count). The lowest BCUT2D eigenvalue weighted by molar-refractivity contribution is -0.126. The summed E-state index contributed by atoms with van der Waals surface area (Å²) >= 11 is 0. The Hall–Kier alpha value is -3.20. The predicted octanol–water partition coefficient (Wildman–Crippen LogP) is 6.98. The number of fused-ring (bicyclic) bond motifs is 5. The van der Waals surface area contributed by atoms with Gasteiger partial charge in [0.15, 0.2) is 0 Å². The lowest BCUT2D eigenvalue weighted by Crippen LogP contribution is -2.66. The molecule has 3 aromatic rings. The maximum Gasteiger partial charge on any atom is 0.291 e. The van der Waals surface area contributed by atoms with Crippen LogP contribution in [0.2, 0.25) is 0 Å². The summed E-state index contributed by atoms with van der Waals surface area (Å²) in [7, 11) is 0. The van der Waals surface area contributed by atoms with Crippen LogP contribution in [0.25, 0.3) is 0 Å². The van der Waals surface area contributed by atoms with Gasteiger partial charge in [0.05, 0.1) is 5.41 Å². The van der Waals surface area contributed by atoms with E-state index >= 15 is 0 Å². The lowest BCUT2D eigenvalue weighted by Gasteiger charge is -2.49. The van der Waals surface area contributed by atoms with Crippen molar-refractivity contribution in [2.24, 2.45) is 0 Å². The molecule has 2 atom stereocenters. The van der Waals surface area contributed by atoms with Crippen LogP contribution in [-0.2, 0) is 10.8 Å². The first-order chi connectivity index (χ1) is 16.5. The average Bonchev–Trinajstić information content (AvgIpc) is 3.33. The summed E-state index contributed by atoms with van der Waals surface area (Å²) in [4.78, 5) is 0. The van der Waals surface area contributed by atoms with Crippen LogP contribution in [0.15, 0.2) is 48.0 Å². The van der Waals surface area contributed by atoms with E-state index < -0.39 is 11.2 Å². The molecule has 1 aliphatic carbocycles. The average molecular weight is 465 g/mol. The molecule has 3 nitrogen and oxygen atoms in total. The van der Waals surface area contributed by atoms with Crippen LogP contribution in [0.1, 0.15) is 63.9 Å². The molecule has 0 amide bonds. The Bertz CT molecular complexity index is 1460. The van der Waals surface area contributed by atoms with Gasteiger partial charge in [-0.15, -0.1) is 0 Å². The smallest absolute Gasteiger partial charge is 0.291 e. The van der Waals surface area contributed by atoms with Crippen molar-refractivity contribution in [3.05, 3.63) is 98.1 Å². The van der Waals surface area contributed by atoms with Gasteiger partial charge in [0.25, 0.3) is 5.79 Å². The molecule has 0 N–H and O–H groups in total. The summed E-state index contributed by atoms with van der Waals surface area (Å²) in [6.45, 7) is 17.5. The van der Waals surface area contributed by atoms with Crippen LogP contribution in [0.5, 0.6) is 17.2 Å². The quantitative estimate of drug-likeness (QED) is 0.336. The van der Waals surface area contributed by atoms with Crippen LogP contribution in [-0.4, -0.2) is 11.9 Å². The predicted molar refractivity (Wildman–Crippen MR) is 138 cm³/mol. The minimum atomic E-state index is -0.968. The normalized spacial score (nSPS) is 30.6. The fourth-order valence-corrected chi connectivity index (χ4v) is 7.79. The minimum Gasteiger partial charge on any atom is -0.487 e. The van der Waals surface area contributed by atoms with Crippen molar-refractivity contribution in [2.75, 3.05) is 0 Å². The number of benzene rings is 3. The lowest BCUT2D eigenvalue weighted by atomic mass is 9.54. The largest absolute Gasteiger partial charge is 0.487 e. The molecule has 0 saturated carbocycles. The van der Waals surface area contributed by atoms with Gasteiger partial charge < -0.3 is 14.2 Å². The van der Waals surface area contributed by atoms with E-state index in [1.807, 2.05) is 0 Å². The Morgan fingerprint density at radius 1 is 0.600 bits per heavy atom. The fraction of sp³-hybridized carbons (Fsp3) is 0.375. The van der Waals surface area contributed by atoms with Gasteiger partial charge in [-0.1, -0.05) is 59.2 Å². The molecule has 3 heteroatoms. The number of hydrogen-bond donors (Lipinski definition) is 0. The highest BCUT2D eigenvalue weighted by atomic mass is 16.7. The number of aryl methyl sites for hydroxylation is 6. The van der Waals surface area contributed by atoms with Crippen LogP contribution in [0.3, 0.4) is 0 Å². The topological polar surface area (TPSA) is 27.7 Å². The van der Waals surface area contributed by atoms with Crippen molar-refractivity contribution in [2.45, 2.75) is 78.1 Å². The molecule has 3 heterocycles. The maximum absolute atomic E-state index is 7.13. The summed E-state index contributed by atoms with van der Waals surface area (Å²) < 4.78 is 21.2. The molecular weight excluding hydrogens is 432 g/mol. The van der Waals surface area contributed by atoms with Crippen molar-refractivity contribution in [3.8, 4) is 17.2 Å². The van der Waals surface area contributed by atoms with Crippen molar-refractivity contribution in [1.29, 1.82) is 0 Å². The van der Waals surface area contributed by atoms with E-state index in [1.165, 1.54) is 38.9 Å². The molecule has 0 fully saturated rings. The molecule has 0 unspecified atom stereocenters. The summed E-state index contributed by atoms with van der Waals surface area (Å²) in [5.74, 6) is 1.91. The first-order valence-electron chi connectivity index (χ1n) is 12.6. The zero-order chi connectivity index (χ0) is 24.7. The Morgan fingerprint density at radius 3 is 1.57 bits per heavy atom. The number of ether oxygens (including phenoxy) is 3. The van der Waals surface area contributed by atoms with E-state index in [0.29, 0.717) is 0 Å². The molecule has 35 heavy (non-hydrogen) atoms. The van der Waals surface area contributed by atoms with Crippen LogP contribution in [0.4, 0.5) is 0 Å². The zero-order valence-electron chi connectivity index (χ0n) is 21.8. The number of rotatable bonds is 0. The SMILES string of the molecule is CC1=C[C@@]2(C)c3cc(C)cc(C)c3O[C@H]2C23c4cc(C)cc(C)c4OC12Oc1c(C)cc(C)cc13. The van der Waals surface area contributed by atoms with Crippen LogP contribution in [0, 0.1) is 41.5 Å². The standard InChI is InChI=1S/C32H32O3/c1-16-9-19(4)26-23(12-16)30(8)15-22(7)32-31(29(30)33-26,24-13-17(2)10-20(5)27(24)34-32)25-14-18(3)11-21(6)28(25)35-32/h9-15,29H,1-8H3/t29-,30+,31?,32?/m1/s1. The maximum atomic E-state index is 7.13. The van der Waals surface area contributed by atoms with Gasteiger partial charge in [-0.05, 0) is 72.1 Å². The molecule has 0 aromatic heterocycles. The molecule has 3 aromatic carbocycles. The Labute approximate surface area is 207 Å². The molecular formula is C32H32O3. The van der Waals surface area contributed by atoms with Crippen molar-refractivity contribution in [1.82, 2.24) is 0 Å². The van der Waals surface area contributed by atoms with Gasteiger partial charge in [-0.2, -0.15) is 0 Å². The van der Waals surface area contributed by atoms with E-state index in [9.17, 15) is 0 Å². The molecule has 4 aliphatic rings. The van der Waals surface area contributed by atoms with Gasteiger partial charge in [-0.3, -0.25) is 0 Å². The fourth-order valence-electron chi connectivity index (χ4n) is 7.79. The highest BCUT2D eigenvalue weighted by Crippen LogP contribution is 2.71. The molecule has 0 saturated heterocycles. The molecule has 178 valence electrons. The summed E-state index contributed by atoms with van der Waals surface area (Å²) in [5, 5.41) is 0. The Kier molecular flexibility index (Phi) is 3.70. The molecule has 0 spiro atoms. The Morgan fingerprint density at radius 2 is 1.06 bits per heavy atom. The summed E-state index contributed by atoms with van der Waals surface area (Å²) in [5.41, 5.74) is 11.0. The number of hydrogen-bond acceptors (Lipinski definition) is 3. The second-order valence-electron chi connectivity index (χ2n) is 11.6. The molecule has 0 radical (unpaired) electrons. The molecule has 3 aliphatic heterocycles. The van der Waals surface area contributed by atoms with Gasteiger partial charge in [0.2, 0.25) is 0 Å². The Balaban J connectivity index is 1.66. The van der Waals surface area contributed by atoms with E-state index in [4.69, 9.17) is 14.2 Å². The highest BCUT2D eigenvalue weighted by Gasteiger charge is 2.79. The van der Waals surface area contributed by atoms with Crippen molar-refractivity contribution < 1.29 is 14.2 Å². The molecule has 0 bridgehead atoms. The van der Waals surface area contributed by atoms with Gasteiger partial charge >= 0.3 is 0 Å². The first-order valence-corrected chi connectivity index (χ1v) is 12.6. The van der Waals surface area contributed by atoms with Gasteiger partial charge in [-0.25, -0.2) is 0 Å². The first kappa shape index (κ1) is 21.1. The minimum absolute atomic E-state index is 0.209. The second kappa shape index (κ2) is 6.13. The van der Waals surface area contributed by atoms with E-state index in [-0.39, 0.29) is 11.5 Å². The summed E-state index contributed by atoms with van der Waals surface area (Å²) in [6.07, 6.45) is 2.15. The van der Waals surface area contributed by atoms with Crippen molar-refractivity contribution in [3.63, 3.8) is 0 Å². The highest BCUT2D eigenvalue weighted by molar-refractivity contribution is 5.73. The van der Waals surface area contributed by atoms with Crippen LogP contribution < -0.4 is 14.2 Å². The van der Waals surface area contributed by atoms with Crippen LogP contribution >= 0.6 is 0 Å². The van der Waals surface area contributed by atoms with Gasteiger partial charge in [0.1, 0.15) is 28.8 Å².